The predicted octanol–water partition coefficient (Wildman–Crippen LogP) is 5.61. The van der Waals surface area contributed by atoms with E-state index < -0.39 is 17.6 Å². The molecule has 0 saturated carbocycles. The molecule has 1 aliphatic heterocycles. The van der Waals surface area contributed by atoms with Crippen molar-refractivity contribution in [3.8, 4) is 11.1 Å². The van der Waals surface area contributed by atoms with Crippen LogP contribution in [0.5, 0.6) is 0 Å². The Hall–Kier alpha value is -2.15. The SMILES string of the molecule is CC(C)Sc1ncccc1-c1cc(F)c(N2CCC(CCC(=O)O)CC2)c(F)c1. The summed E-state index contributed by atoms with van der Waals surface area (Å²) in [6, 6.07) is 6.37. The third-order valence-electron chi connectivity index (χ3n) is 5.14. The van der Waals surface area contributed by atoms with Crippen LogP contribution in [0, 0.1) is 17.6 Å². The van der Waals surface area contributed by atoms with Crippen LogP contribution in [0.1, 0.15) is 39.5 Å². The van der Waals surface area contributed by atoms with Gasteiger partial charge in [-0.3, -0.25) is 4.79 Å². The van der Waals surface area contributed by atoms with Gasteiger partial charge in [-0.05, 0) is 48.9 Å². The first-order valence-corrected chi connectivity index (χ1v) is 10.8. The van der Waals surface area contributed by atoms with E-state index in [-0.39, 0.29) is 12.1 Å². The largest absolute Gasteiger partial charge is 0.481 e. The van der Waals surface area contributed by atoms with Gasteiger partial charge in [0.25, 0.3) is 0 Å². The zero-order chi connectivity index (χ0) is 21.0. The molecule has 0 unspecified atom stereocenters. The molecule has 156 valence electrons. The Balaban J connectivity index is 1.79. The summed E-state index contributed by atoms with van der Waals surface area (Å²) in [6.45, 7) is 5.15. The molecule has 4 nitrogen and oxygen atoms in total. The molecule has 3 rings (SSSR count). The number of anilines is 1. The summed E-state index contributed by atoms with van der Waals surface area (Å²) >= 11 is 1.56. The molecule has 1 aromatic heterocycles. The molecule has 0 spiro atoms. The van der Waals surface area contributed by atoms with E-state index in [9.17, 15) is 13.6 Å². The number of thioether (sulfide) groups is 1. The van der Waals surface area contributed by atoms with Crippen LogP contribution < -0.4 is 4.90 Å². The van der Waals surface area contributed by atoms with E-state index >= 15 is 0 Å². The maximum atomic E-state index is 14.9. The Morgan fingerprint density at radius 1 is 1.28 bits per heavy atom. The zero-order valence-electron chi connectivity index (χ0n) is 16.7. The van der Waals surface area contributed by atoms with E-state index in [1.165, 1.54) is 12.1 Å². The number of carboxylic acid groups (broad SMARTS) is 1. The first-order valence-electron chi connectivity index (χ1n) is 9.93. The number of piperidine rings is 1. The molecule has 1 fully saturated rings. The highest BCUT2D eigenvalue weighted by atomic mass is 32.2. The lowest BCUT2D eigenvalue weighted by Crippen LogP contribution is -2.35. The number of aromatic nitrogens is 1. The normalized spacial score (nSPS) is 15.1. The standard InChI is InChI=1S/C22H26F2N2O2S/c1-14(2)29-22-17(4-3-9-25-22)16-12-18(23)21(19(24)13-16)26-10-7-15(8-11-26)5-6-20(27)28/h3-4,9,12-15H,5-8,10-11H2,1-2H3,(H,27,28). The fourth-order valence-electron chi connectivity index (χ4n) is 3.72. The van der Waals surface area contributed by atoms with Gasteiger partial charge in [0.1, 0.15) is 22.3 Å². The van der Waals surface area contributed by atoms with Gasteiger partial charge < -0.3 is 10.0 Å². The van der Waals surface area contributed by atoms with Crippen molar-refractivity contribution >= 4 is 23.4 Å². The lowest BCUT2D eigenvalue weighted by Gasteiger charge is -2.34. The van der Waals surface area contributed by atoms with Gasteiger partial charge >= 0.3 is 5.97 Å². The second-order valence-electron chi connectivity index (χ2n) is 7.67. The number of aliphatic carboxylic acids is 1. The van der Waals surface area contributed by atoms with Crippen molar-refractivity contribution in [2.75, 3.05) is 18.0 Å². The summed E-state index contributed by atoms with van der Waals surface area (Å²) in [5, 5.41) is 9.88. The van der Waals surface area contributed by atoms with E-state index in [0.29, 0.717) is 36.2 Å². The molecule has 29 heavy (non-hydrogen) atoms. The Morgan fingerprint density at radius 2 is 1.93 bits per heavy atom. The summed E-state index contributed by atoms with van der Waals surface area (Å²) in [5.41, 5.74) is 1.21. The maximum Gasteiger partial charge on any atom is 0.303 e. The Kier molecular flexibility index (Phi) is 7.11. The van der Waals surface area contributed by atoms with E-state index in [1.54, 1.807) is 28.9 Å². The number of hydrogen-bond acceptors (Lipinski definition) is 4. The zero-order valence-corrected chi connectivity index (χ0v) is 17.5. The van der Waals surface area contributed by atoms with E-state index in [0.717, 1.165) is 23.4 Å². The van der Waals surface area contributed by atoms with Crippen LogP contribution in [-0.4, -0.2) is 34.4 Å². The second-order valence-corrected chi connectivity index (χ2v) is 9.24. The highest BCUT2D eigenvalue weighted by Gasteiger charge is 2.25. The molecular weight excluding hydrogens is 394 g/mol. The minimum Gasteiger partial charge on any atom is -0.481 e. The Labute approximate surface area is 174 Å². The predicted molar refractivity (Wildman–Crippen MR) is 112 cm³/mol. The van der Waals surface area contributed by atoms with Crippen LogP contribution in [-0.2, 0) is 4.79 Å². The molecule has 0 atom stereocenters. The summed E-state index contributed by atoms with van der Waals surface area (Å²) < 4.78 is 29.9. The number of hydrogen-bond donors (Lipinski definition) is 1. The number of nitrogens with zero attached hydrogens (tertiary/aromatic N) is 2. The maximum absolute atomic E-state index is 14.9. The van der Waals surface area contributed by atoms with Crippen LogP contribution >= 0.6 is 11.8 Å². The van der Waals surface area contributed by atoms with Crippen LogP contribution in [0.3, 0.4) is 0 Å². The molecule has 1 saturated heterocycles. The van der Waals surface area contributed by atoms with Gasteiger partial charge in [0, 0.05) is 36.5 Å². The third-order valence-corrected chi connectivity index (χ3v) is 6.16. The highest BCUT2D eigenvalue weighted by Crippen LogP contribution is 2.36. The Morgan fingerprint density at radius 3 is 2.52 bits per heavy atom. The van der Waals surface area contributed by atoms with Crippen molar-refractivity contribution < 1.29 is 18.7 Å². The first kappa shape index (κ1) is 21.6. The quantitative estimate of drug-likeness (QED) is 0.590. The van der Waals surface area contributed by atoms with Crippen molar-refractivity contribution in [2.45, 2.75) is 49.8 Å². The molecule has 0 radical (unpaired) electrons. The van der Waals surface area contributed by atoms with E-state index in [4.69, 9.17) is 5.11 Å². The average Bonchev–Trinajstić information content (AvgIpc) is 2.66. The molecule has 7 heteroatoms. The van der Waals surface area contributed by atoms with Crippen molar-refractivity contribution in [3.63, 3.8) is 0 Å². The summed E-state index contributed by atoms with van der Waals surface area (Å²) in [7, 11) is 0. The second kappa shape index (κ2) is 9.57. The highest BCUT2D eigenvalue weighted by molar-refractivity contribution is 7.99. The summed E-state index contributed by atoms with van der Waals surface area (Å²) in [6.07, 6.45) is 3.93. The van der Waals surface area contributed by atoms with Crippen LogP contribution in [0.25, 0.3) is 11.1 Å². The fourth-order valence-corrected chi connectivity index (χ4v) is 4.60. The van der Waals surface area contributed by atoms with Gasteiger partial charge in [0.05, 0.1) is 0 Å². The fraction of sp³-hybridized carbons (Fsp3) is 0.455. The van der Waals surface area contributed by atoms with Gasteiger partial charge in [-0.15, -0.1) is 11.8 Å². The number of carboxylic acids is 1. The van der Waals surface area contributed by atoms with Crippen LogP contribution in [0.2, 0.25) is 0 Å². The number of pyridine rings is 1. The van der Waals surface area contributed by atoms with E-state index in [2.05, 4.69) is 4.98 Å². The number of halogens is 2. The van der Waals surface area contributed by atoms with Gasteiger partial charge in [-0.2, -0.15) is 0 Å². The van der Waals surface area contributed by atoms with Gasteiger partial charge in [-0.1, -0.05) is 19.9 Å². The van der Waals surface area contributed by atoms with Crippen molar-refractivity contribution in [1.82, 2.24) is 4.98 Å². The first-order chi connectivity index (χ1) is 13.8. The van der Waals surface area contributed by atoms with Crippen molar-refractivity contribution in [1.29, 1.82) is 0 Å². The lowest BCUT2D eigenvalue weighted by atomic mass is 9.92. The van der Waals surface area contributed by atoms with Gasteiger partial charge in [-0.25, -0.2) is 13.8 Å². The molecule has 2 aromatic rings. The summed E-state index contributed by atoms with van der Waals surface area (Å²) in [4.78, 5) is 16.8. The Bertz CT molecular complexity index is 845. The molecule has 2 heterocycles. The number of carbonyl (C=O) groups is 1. The molecule has 0 aliphatic carbocycles. The number of rotatable bonds is 7. The van der Waals surface area contributed by atoms with E-state index in [1.807, 2.05) is 19.9 Å². The molecule has 1 aromatic carbocycles. The molecule has 1 N–H and O–H groups in total. The molecular formula is C22H26F2N2O2S. The monoisotopic (exact) mass is 420 g/mol. The molecule has 0 amide bonds. The van der Waals surface area contributed by atoms with Crippen LogP contribution in [0.4, 0.5) is 14.5 Å². The topological polar surface area (TPSA) is 53.4 Å². The lowest BCUT2D eigenvalue weighted by molar-refractivity contribution is -0.137. The number of benzene rings is 1. The molecule has 1 aliphatic rings. The van der Waals surface area contributed by atoms with Gasteiger partial charge in [0.15, 0.2) is 0 Å². The summed E-state index contributed by atoms with van der Waals surface area (Å²) in [5.74, 6) is -1.66. The van der Waals surface area contributed by atoms with Crippen molar-refractivity contribution in [3.05, 3.63) is 42.1 Å². The minimum atomic E-state index is -0.800. The smallest absolute Gasteiger partial charge is 0.303 e. The van der Waals surface area contributed by atoms with Crippen LogP contribution in [0.15, 0.2) is 35.5 Å². The van der Waals surface area contributed by atoms with Crippen molar-refractivity contribution in [2.24, 2.45) is 5.92 Å². The van der Waals surface area contributed by atoms with Gasteiger partial charge in [0.2, 0.25) is 0 Å². The minimum absolute atomic E-state index is 0.00684. The third kappa shape index (κ3) is 5.47. The molecule has 0 bridgehead atoms. The average molecular weight is 421 g/mol.